The van der Waals surface area contributed by atoms with Gasteiger partial charge in [0.05, 0.1) is 27.8 Å². The van der Waals surface area contributed by atoms with Gasteiger partial charge >= 0.3 is 0 Å². The number of aromatic nitrogens is 2. The van der Waals surface area contributed by atoms with E-state index in [1.807, 2.05) is 30.3 Å². The molecule has 2 N–H and O–H groups in total. The molecular formula is C20H14ClN5O3. The first-order valence-corrected chi connectivity index (χ1v) is 8.96. The van der Waals surface area contributed by atoms with Crippen molar-refractivity contribution in [1.29, 1.82) is 5.26 Å². The fourth-order valence-electron chi connectivity index (χ4n) is 3.44. The molecule has 2 aromatic carbocycles. The number of allylic oxidation sites excluding steroid dienone is 1. The first-order valence-electron chi connectivity index (χ1n) is 8.58. The zero-order valence-electron chi connectivity index (χ0n) is 15.2. The molecule has 0 radical (unpaired) electrons. The van der Waals surface area contributed by atoms with E-state index in [4.69, 9.17) is 22.1 Å². The lowest BCUT2D eigenvalue weighted by molar-refractivity contribution is -0.384. The van der Waals surface area contributed by atoms with Crippen molar-refractivity contribution in [3.63, 3.8) is 0 Å². The number of para-hydroxylation sites is 1. The third kappa shape index (κ3) is 2.98. The number of nitro groups is 1. The molecule has 2 heterocycles. The highest BCUT2D eigenvalue weighted by Crippen LogP contribution is 2.46. The minimum Gasteiger partial charge on any atom is -0.422 e. The van der Waals surface area contributed by atoms with Crippen LogP contribution < -0.4 is 10.5 Å². The van der Waals surface area contributed by atoms with Crippen LogP contribution in [0.1, 0.15) is 22.7 Å². The van der Waals surface area contributed by atoms with Crippen molar-refractivity contribution in [2.75, 3.05) is 0 Å². The molecular weight excluding hydrogens is 394 g/mol. The van der Waals surface area contributed by atoms with Gasteiger partial charge in [-0.25, -0.2) is 4.68 Å². The predicted octanol–water partition coefficient (Wildman–Crippen LogP) is 3.96. The Bertz CT molecular complexity index is 1210. The number of hydrogen-bond donors (Lipinski definition) is 1. The van der Waals surface area contributed by atoms with Crippen LogP contribution in [0, 0.1) is 28.4 Å². The number of non-ortho nitro benzene ring substituents is 1. The third-order valence-electron chi connectivity index (χ3n) is 4.73. The van der Waals surface area contributed by atoms with Crippen molar-refractivity contribution in [3.8, 4) is 17.6 Å². The predicted molar refractivity (Wildman–Crippen MR) is 106 cm³/mol. The lowest BCUT2D eigenvalue weighted by Gasteiger charge is -2.25. The normalized spacial score (nSPS) is 15.4. The van der Waals surface area contributed by atoms with Crippen molar-refractivity contribution >= 4 is 17.3 Å². The number of aryl methyl sites for hydroxylation is 1. The lowest BCUT2D eigenvalue weighted by Crippen LogP contribution is -2.22. The summed E-state index contributed by atoms with van der Waals surface area (Å²) in [7, 11) is 0. The highest BCUT2D eigenvalue weighted by atomic mass is 35.5. The van der Waals surface area contributed by atoms with Crippen LogP contribution in [0.5, 0.6) is 5.88 Å². The molecule has 0 spiro atoms. The smallest absolute Gasteiger partial charge is 0.269 e. The van der Waals surface area contributed by atoms with Gasteiger partial charge in [0.2, 0.25) is 11.8 Å². The average Bonchev–Trinajstić information content (AvgIpc) is 3.04. The second-order valence-electron chi connectivity index (χ2n) is 6.44. The summed E-state index contributed by atoms with van der Waals surface area (Å²) in [6.45, 7) is 1.77. The number of rotatable bonds is 3. The van der Waals surface area contributed by atoms with Crippen LogP contribution in [0.2, 0.25) is 5.02 Å². The van der Waals surface area contributed by atoms with E-state index in [-0.39, 0.29) is 22.2 Å². The summed E-state index contributed by atoms with van der Waals surface area (Å²) < 4.78 is 7.36. The summed E-state index contributed by atoms with van der Waals surface area (Å²) in [5.74, 6) is -0.490. The Morgan fingerprint density at radius 1 is 1.31 bits per heavy atom. The number of nitrogens with two attached hydrogens (primary N) is 1. The number of ether oxygens (including phenoxy) is 1. The highest BCUT2D eigenvalue weighted by molar-refractivity contribution is 6.31. The molecule has 1 atom stereocenters. The van der Waals surface area contributed by atoms with Crippen LogP contribution in [0.15, 0.2) is 60.0 Å². The number of hydrogen-bond acceptors (Lipinski definition) is 6. The first kappa shape index (κ1) is 18.5. The Hall–Kier alpha value is -3.83. The molecule has 8 nitrogen and oxygen atoms in total. The van der Waals surface area contributed by atoms with Crippen molar-refractivity contribution in [2.45, 2.75) is 12.8 Å². The molecule has 4 rings (SSSR count). The maximum atomic E-state index is 11.3. The van der Waals surface area contributed by atoms with Gasteiger partial charge in [-0.2, -0.15) is 10.4 Å². The first-order chi connectivity index (χ1) is 13.9. The molecule has 29 heavy (non-hydrogen) atoms. The van der Waals surface area contributed by atoms with Gasteiger partial charge in [0, 0.05) is 17.2 Å². The van der Waals surface area contributed by atoms with E-state index in [9.17, 15) is 15.4 Å². The number of nitriles is 1. The average molecular weight is 408 g/mol. The molecule has 9 heteroatoms. The number of nitrogens with zero attached hydrogens (tertiary/aromatic N) is 4. The monoisotopic (exact) mass is 407 g/mol. The SMILES string of the molecule is Cc1nn(-c2ccccc2)c2c1C(c1cc([N+](=O)[O-])ccc1Cl)C(C#N)=C(N)O2. The molecule has 1 unspecified atom stereocenters. The van der Waals surface area contributed by atoms with E-state index in [1.165, 1.54) is 18.2 Å². The van der Waals surface area contributed by atoms with E-state index < -0.39 is 10.8 Å². The second-order valence-corrected chi connectivity index (χ2v) is 6.85. The van der Waals surface area contributed by atoms with Gasteiger partial charge in [-0.3, -0.25) is 10.1 Å². The lowest BCUT2D eigenvalue weighted by atomic mass is 9.84. The van der Waals surface area contributed by atoms with Crippen molar-refractivity contribution in [1.82, 2.24) is 9.78 Å². The van der Waals surface area contributed by atoms with E-state index in [2.05, 4.69) is 11.2 Å². The van der Waals surface area contributed by atoms with Gasteiger partial charge < -0.3 is 10.5 Å². The molecule has 0 fully saturated rings. The summed E-state index contributed by atoms with van der Waals surface area (Å²) in [5, 5.41) is 25.8. The topological polar surface area (TPSA) is 120 Å². The van der Waals surface area contributed by atoms with Crippen LogP contribution in [-0.2, 0) is 0 Å². The van der Waals surface area contributed by atoms with E-state index >= 15 is 0 Å². The van der Waals surface area contributed by atoms with Gasteiger partial charge in [0.1, 0.15) is 11.6 Å². The van der Waals surface area contributed by atoms with Gasteiger partial charge in [0.25, 0.3) is 5.69 Å². The Morgan fingerprint density at radius 2 is 2.03 bits per heavy atom. The van der Waals surface area contributed by atoms with Crippen LogP contribution in [0.25, 0.3) is 5.69 Å². The Labute approximate surface area is 170 Å². The highest BCUT2D eigenvalue weighted by Gasteiger charge is 2.37. The standard InChI is InChI=1S/C20H14ClN5O3/c1-11-17-18(14-9-13(26(27)28)7-8-16(14)21)15(10-22)19(23)29-20(17)25(24-11)12-5-3-2-4-6-12/h2-9,18H,23H2,1H3. The second kappa shape index (κ2) is 6.96. The van der Waals surface area contributed by atoms with Crippen molar-refractivity contribution in [3.05, 3.63) is 91.9 Å². The molecule has 0 bridgehead atoms. The van der Waals surface area contributed by atoms with Crippen LogP contribution in [0.3, 0.4) is 0 Å². The molecule has 1 aromatic heterocycles. The molecule has 1 aliphatic heterocycles. The van der Waals surface area contributed by atoms with Crippen molar-refractivity contribution in [2.24, 2.45) is 5.73 Å². The largest absolute Gasteiger partial charge is 0.422 e. The maximum absolute atomic E-state index is 11.3. The maximum Gasteiger partial charge on any atom is 0.269 e. The number of benzene rings is 2. The summed E-state index contributed by atoms with van der Waals surface area (Å²) in [4.78, 5) is 10.8. The van der Waals surface area contributed by atoms with Crippen LogP contribution >= 0.6 is 11.6 Å². The number of fused-ring (bicyclic) bond motifs is 1. The zero-order valence-corrected chi connectivity index (χ0v) is 15.9. The molecule has 0 aliphatic carbocycles. The Morgan fingerprint density at radius 3 is 2.69 bits per heavy atom. The summed E-state index contributed by atoms with van der Waals surface area (Å²) >= 11 is 6.38. The van der Waals surface area contributed by atoms with E-state index in [0.29, 0.717) is 22.7 Å². The van der Waals surface area contributed by atoms with Gasteiger partial charge in [-0.15, -0.1) is 0 Å². The molecule has 0 amide bonds. The quantitative estimate of drug-likeness (QED) is 0.518. The molecule has 3 aromatic rings. The molecule has 0 saturated heterocycles. The number of halogens is 1. The summed E-state index contributed by atoms with van der Waals surface area (Å²) in [6.07, 6.45) is 0. The van der Waals surface area contributed by atoms with Crippen LogP contribution in [-0.4, -0.2) is 14.7 Å². The zero-order chi connectivity index (χ0) is 20.7. The number of nitro benzene ring substituents is 1. The summed E-state index contributed by atoms with van der Waals surface area (Å²) in [5.41, 5.74) is 8.35. The summed E-state index contributed by atoms with van der Waals surface area (Å²) in [6, 6.07) is 15.5. The molecule has 144 valence electrons. The Balaban J connectivity index is 2.00. The van der Waals surface area contributed by atoms with Crippen LogP contribution in [0.4, 0.5) is 5.69 Å². The third-order valence-corrected chi connectivity index (χ3v) is 5.08. The fraction of sp³-hybridized carbons (Fsp3) is 0.100. The fourth-order valence-corrected chi connectivity index (χ4v) is 3.66. The van der Waals surface area contributed by atoms with Crippen molar-refractivity contribution < 1.29 is 9.66 Å². The van der Waals surface area contributed by atoms with E-state index in [0.717, 1.165) is 5.69 Å². The van der Waals surface area contributed by atoms with E-state index in [1.54, 1.807) is 11.6 Å². The van der Waals surface area contributed by atoms with Gasteiger partial charge in [-0.05, 0) is 30.7 Å². The van der Waals surface area contributed by atoms with Gasteiger partial charge in [0.15, 0.2) is 0 Å². The Kier molecular flexibility index (Phi) is 4.45. The minimum atomic E-state index is -0.742. The molecule has 1 aliphatic rings. The minimum absolute atomic E-state index is 0.0929. The van der Waals surface area contributed by atoms with Gasteiger partial charge in [-0.1, -0.05) is 29.8 Å². The molecule has 0 saturated carbocycles.